The lowest BCUT2D eigenvalue weighted by Crippen LogP contribution is -2.26. The van der Waals surface area contributed by atoms with Crippen molar-refractivity contribution < 1.29 is 30.0 Å². The first-order valence-electron chi connectivity index (χ1n) is 5.61. The zero-order valence-electron chi connectivity index (χ0n) is 9.76. The van der Waals surface area contributed by atoms with Gasteiger partial charge in [-0.3, -0.25) is 9.59 Å². The molecule has 0 fully saturated rings. The molecule has 0 heterocycles. The van der Waals surface area contributed by atoms with E-state index in [1.165, 1.54) is 0 Å². The van der Waals surface area contributed by atoms with Gasteiger partial charge in [0.25, 0.3) is 0 Å². The van der Waals surface area contributed by atoms with Gasteiger partial charge in [-0.25, -0.2) is 0 Å². The molecule has 0 aliphatic rings. The molecule has 0 amide bonds. The van der Waals surface area contributed by atoms with Crippen LogP contribution in [0.3, 0.4) is 0 Å². The van der Waals surface area contributed by atoms with Gasteiger partial charge in [0, 0.05) is 26.1 Å². The highest BCUT2D eigenvalue weighted by atomic mass is 16.4. The van der Waals surface area contributed by atoms with Gasteiger partial charge in [0.05, 0.1) is 0 Å². The van der Waals surface area contributed by atoms with Gasteiger partial charge >= 0.3 is 11.9 Å². The molecule has 0 aromatic carbocycles. The van der Waals surface area contributed by atoms with E-state index in [0.29, 0.717) is 12.8 Å². The molecule has 17 heavy (non-hydrogen) atoms. The molecule has 0 atom stereocenters. The molecule has 0 aliphatic carbocycles. The highest BCUT2D eigenvalue weighted by molar-refractivity contribution is 5.67. The van der Waals surface area contributed by atoms with Crippen LogP contribution < -0.4 is 0 Å². The van der Waals surface area contributed by atoms with E-state index in [1.54, 1.807) is 0 Å². The predicted octanol–water partition coefficient (Wildman–Crippen LogP) is 0.467. The molecule has 0 saturated carbocycles. The number of carboxylic acid groups (broad SMARTS) is 2. The van der Waals surface area contributed by atoms with E-state index in [4.69, 9.17) is 20.4 Å². The summed E-state index contributed by atoms with van der Waals surface area (Å²) in [5, 5.41) is 35.3. The Balaban J connectivity index is 4.57. The van der Waals surface area contributed by atoms with E-state index in [1.807, 2.05) is 0 Å². The third kappa shape index (κ3) is 6.91. The fourth-order valence-corrected chi connectivity index (χ4v) is 1.97. The molecule has 0 rings (SSSR count). The lowest BCUT2D eigenvalue weighted by Gasteiger charge is -2.32. The Labute approximate surface area is 99.9 Å². The van der Waals surface area contributed by atoms with E-state index in [0.717, 1.165) is 0 Å². The van der Waals surface area contributed by atoms with Crippen LogP contribution in [-0.4, -0.2) is 45.6 Å². The third-order valence-electron chi connectivity index (χ3n) is 3.02. The molecule has 0 spiro atoms. The number of rotatable bonds is 10. The SMILES string of the molecule is O=C(O)CCC(CCO)(CCO)CCC(=O)O. The van der Waals surface area contributed by atoms with Crippen molar-refractivity contribution in [1.29, 1.82) is 0 Å². The average Bonchev–Trinajstić information content (AvgIpc) is 2.24. The molecule has 4 N–H and O–H groups in total. The Morgan fingerprint density at radius 1 is 0.765 bits per heavy atom. The Hall–Kier alpha value is -1.14. The van der Waals surface area contributed by atoms with Gasteiger partial charge in [0.1, 0.15) is 0 Å². The number of aliphatic carboxylic acids is 2. The average molecular weight is 248 g/mol. The second-order valence-corrected chi connectivity index (χ2v) is 4.23. The highest BCUT2D eigenvalue weighted by Crippen LogP contribution is 2.37. The molecule has 0 saturated heterocycles. The fourth-order valence-electron chi connectivity index (χ4n) is 1.97. The zero-order chi connectivity index (χ0) is 13.3. The van der Waals surface area contributed by atoms with Crippen LogP contribution in [0.2, 0.25) is 0 Å². The largest absolute Gasteiger partial charge is 0.481 e. The quantitative estimate of drug-likeness (QED) is 0.446. The summed E-state index contributed by atoms with van der Waals surface area (Å²) in [7, 11) is 0. The van der Waals surface area contributed by atoms with Crippen molar-refractivity contribution in [2.45, 2.75) is 38.5 Å². The van der Waals surface area contributed by atoms with Crippen molar-refractivity contribution in [3.05, 3.63) is 0 Å². The number of hydrogen-bond donors (Lipinski definition) is 4. The normalized spacial score (nSPS) is 11.4. The maximum Gasteiger partial charge on any atom is 0.303 e. The summed E-state index contributed by atoms with van der Waals surface area (Å²) in [5.74, 6) is -1.92. The third-order valence-corrected chi connectivity index (χ3v) is 3.02. The van der Waals surface area contributed by atoms with Gasteiger partial charge < -0.3 is 20.4 Å². The van der Waals surface area contributed by atoms with Crippen LogP contribution >= 0.6 is 0 Å². The van der Waals surface area contributed by atoms with Crippen molar-refractivity contribution in [2.75, 3.05) is 13.2 Å². The van der Waals surface area contributed by atoms with Crippen LogP contribution in [0.15, 0.2) is 0 Å². The molecule has 0 aromatic heterocycles. The Bertz CT molecular complexity index is 224. The molecular weight excluding hydrogens is 228 g/mol. The van der Waals surface area contributed by atoms with Crippen molar-refractivity contribution in [1.82, 2.24) is 0 Å². The van der Waals surface area contributed by atoms with Gasteiger partial charge in [-0.15, -0.1) is 0 Å². The fraction of sp³-hybridized carbons (Fsp3) is 0.818. The lowest BCUT2D eigenvalue weighted by atomic mass is 9.74. The van der Waals surface area contributed by atoms with Gasteiger partial charge in [0.2, 0.25) is 0 Å². The molecule has 0 aliphatic heterocycles. The van der Waals surface area contributed by atoms with Crippen LogP contribution in [0, 0.1) is 5.41 Å². The number of carboxylic acids is 2. The summed E-state index contributed by atoms with van der Waals surface area (Å²) < 4.78 is 0. The smallest absolute Gasteiger partial charge is 0.303 e. The second-order valence-electron chi connectivity index (χ2n) is 4.23. The Morgan fingerprint density at radius 2 is 1.12 bits per heavy atom. The highest BCUT2D eigenvalue weighted by Gasteiger charge is 2.30. The number of carbonyl (C=O) groups is 2. The number of hydrogen-bond acceptors (Lipinski definition) is 4. The van der Waals surface area contributed by atoms with Crippen LogP contribution in [-0.2, 0) is 9.59 Å². The summed E-state index contributed by atoms with van der Waals surface area (Å²) in [6.45, 7) is -0.279. The van der Waals surface area contributed by atoms with Gasteiger partial charge in [-0.2, -0.15) is 0 Å². The molecule has 0 unspecified atom stereocenters. The van der Waals surface area contributed by atoms with E-state index in [9.17, 15) is 9.59 Å². The summed E-state index contributed by atoms with van der Waals surface area (Å²) in [5.41, 5.74) is -0.597. The predicted molar refractivity (Wildman–Crippen MR) is 59.6 cm³/mol. The summed E-state index contributed by atoms with van der Waals surface area (Å²) in [6.07, 6.45) is 1.01. The maximum absolute atomic E-state index is 10.6. The van der Waals surface area contributed by atoms with Gasteiger partial charge in [-0.05, 0) is 31.1 Å². The van der Waals surface area contributed by atoms with Gasteiger partial charge in [-0.1, -0.05) is 0 Å². The van der Waals surface area contributed by atoms with Crippen LogP contribution in [0.5, 0.6) is 0 Å². The van der Waals surface area contributed by atoms with E-state index < -0.39 is 17.4 Å². The first-order valence-corrected chi connectivity index (χ1v) is 5.61. The molecule has 6 nitrogen and oxygen atoms in total. The van der Waals surface area contributed by atoms with Crippen LogP contribution in [0.25, 0.3) is 0 Å². The molecule has 0 aromatic rings. The second kappa shape index (κ2) is 8.03. The summed E-state index contributed by atoms with van der Waals surface area (Å²) in [6, 6.07) is 0. The Kier molecular flexibility index (Phi) is 7.49. The molecule has 0 bridgehead atoms. The first-order chi connectivity index (χ1) is 7.95. The van der Waals surface area contributed by atoms with E-state index in [-0.39, 0.29) is 38.9 Å². The summed E-state index contributed by atoms with van der Waals surface area (Å²) in [4.78, 5) is 21.1. The monoisotopic (exact) mass is 248 g/mol. The van der Waals surface area contributed by atoms with Crippen molar-refractivity contribution in [3.63, 3.8) is 0 Å². The standard InChI is InChI=1S/C11H20O6/c12-7-5-11(6-8-13,3-1-9(14)15)4-2-10(16)17/h12-13H,1-8H2,(H,14,15)(H,16,17). The minimum absolute atomic E-state index is 0.0837. The molecule has 6 heteroatoms. The topological polar surface area (TPSA) is 115 Å². The van der Waals surface area contributed by atoms with Crippen molar-refractivity contribution >= 4 is 11.9 Å². The number of aliphatic hydroxyl groups excluding tert-OH is 2. The van der Waals surface area contributed by atoms with Gasteiger partial charge in [0.15, 0.2) is 0 Å². The zero-order valence-corrected chi connectivity index (χ0v) is 9.76. The van der Waals surface area contributed by atoms with E-state index in [2.05, 4.69) is 0 Å². The summed E-state index contributed by atoms with van der Waals surface area (Å²) >= 11 is 0. The molecule has 0 radical (unpaired) electrons. The molecular formula is C11H20O6. The molecule has 100 valence electrons. The first kappa shape index (κ1) is 15.9. The maximum atomic E-state index is 10.6. The van der Waals surface area contributed by atoms with Crippen LogP contribution in [0.4, 0.5) is 0 Å². The van der Waals surface area contributed by atoms with Crippen LogP contribution in [0.1, 0.15) is 38.5 Å². The van der Waals surface area contributed by atoms with Crippen molar-refractivity contribution in [3.8, 4) is 0 Å². The Morgan fingerprint density at radius 3 is 1.35 bits per heavy atom. The minimum atomic E-state index is -0.958. The van der Waals surface area contributed by atoms with E-state index >= 15 is 0 Å². The number of aliphatic hydroxyl groups is 2. The minimum Gasteiger partial charge on any atom is -0.481 e. The van der Waals surface area contributed by atoms with Crippen molar-refractivity contribution in [2.24, 2.45) is 5.41 Å². The lowest BCUT2D eigenvalue weighted by molar-refractivity contribution is -0.138.